The Kier molecular flexibility index (Phi) is 4.13. The van der Waals surface area contributed by atoms with E-state index in [1.807, 2.05) is 25.7 Å². The van der Waals surface area contributed by atoms with Crippen molar-refractivity contribution in [3.8, 4) is 0 Å². The van der Waals surface area contributed by atoms with Crippen LogP contribution in [0.5, 0.6) is 0 Å². The molecule has 0 saturated carbocycles. The minimum Gasteiger partial charge on any atom is -0.444 e. The molecule has 1 aromatic rings. The van der Waals surface area contributed by atoms with Gasteiger partial charge in [-0.1, -0.05) is 6.08 Å². The molecule has 5 heteroatoms. The molecule has 124 valence electrons. The molecule has 0 N–H and O–H groups in total. The van der Waals surface area contributed by atoms with Crippen molar-refractivity contribution in [2.45, 2.75) is 64.1 Å². The number of fused-ring (bicyclic) bond motifs is 2. The molecule has 2 bridgehead atoms. The van der Waals surface area contributed by atoms with Gasteiger partial charge in [0.1, 0.15) is 11.4 Å². The van der Waals surface area contributed by atoms with E-state index in [9.17, 15) is 9.18 Å². The molecule has 3 rings (SSSR count). The number of piperidine rings is 1. The summed E-state index contributed by atoms with van der Waals surface area (Å²) in [5.74, 6) is -0.333. The first-order valence-corrected chi connectivity index (χ1v) is 8.17. The third-order valence-electron chi connectivity index (χ3n) is 4.30. The van der Waals surface area contributed by atoms with Gasteiger partial charge in [0.15, 0.2) is 0 Å². The van der Waals surface area contributed by atoms with E-state index in [1.54, 1.807) is 6.07 Å². The summed E-state index contributed by atoms with van der Waals surface area (Å²) in [7, 11) is 0. The van der Waals surface area contributed by atoms with E-state index in [0.29, 0.717) is 0 Å². The first kappa shape index (κ1) is 16.0. The normalized spacial score (nSPS) is 24.2. The van der Waals surface area contributed by atoms with Crippen molar-refractivity contribution in [1.82, 2.24) is 9.88 Å². The molecule has 23 heavy (non-hydrogen) atoms. The zero-order chi connectivity index (χ0) is 16.6. The van der Waals surface area contributed by atoms with Gasteiger partial charge in [-0.2, -0.15) is 0 Å². The van der Waals surface area contributed by atoms with Crippen molar-refractivity contribution in [3.05, 3.63) is 35.9 Å². The van der Waals surface area contributed by atoms with Crippen molar-refractivity contribution in [2.75, 3.05) is 0 Å². The van der Waals surface area contributed by atoms with E-state index in [-0.39, 0.29) is 24.0 Å². The van der Waals surface area contributed by atoms with Gasteiger partial charge in [0, 0.05) is 6.04 Å². The van der Waals surface area contributed by atoms with Crippen LogP contribution in [0.3, 0.4) is 0 Å². The van der Waals surface area contributed by atoms with E-state index < -0.39 is 5.60 Å². The Morgan fingerprint density at radius 1 is 1.35 bits per heavy atom. The number of pyridine rings is 1. The van der Waals surface area contributed by atoms with Crippen LogP contribution in [-0.2, 0) is 4.74 Å². The number of carbonyl (C=O) groups excluding carboxylic acids is 1. The number of ether oxygens (including phenoxy) is 1. The molecule has 2 aliphatic rings. The van der Waals surface area contributed by atoms with E-state index in [4.69, 9.17) is 4.74 Å². The Labute approximate surface area is 136 Å². The lowest BCUT2D eigenvalue weighted by atomic mass is 9.84. The lowest BCUT2D eigenvalue weighted by Crippen LogP contribution is -2.53. The topological polar surface area (TPSA) is 42.4 Å². The molecular formula is C18H23FN2O2. The Bertz CT molecular complexity index is 619. The van der Waals surface area contributed by atoms with Crippen molar-refractivity contribution >= 4 is 11.7 Å². The summed E-state index contributed by atoms with van der Waals surface area (Å²) in [6, 6.07) is 3.31. The van der Waals surface area contributed by atoms with Gasteiger partial charge in [0.05, 0.1) is 17.9 Å². The summed E-state index contributed by atoms with van der Waals surface area (Å²) >= 11 is 0. The molecule has 3 heterocycles. The smallest absolute Gasteiger partial charge is 0.411 e. The minimum absolute atomic E-state index is 0.0409. The number of nitrogens with zero attached hydrogens (tertiary/aromatic N) is 2. The maximum Gasteiger partial charge on any atom is 0.411 e. The van der Waals surface area contributed by atoms with Gasteiger partial charge in [-0.15, -0.1) is 0 Å². The largest absolute Gasteiger partial charge is 0.444 e. The van der Waals surface area contributed by atoms with E-state index >= 15 is 0 Å². The fourth-order valence-electron chi connectivity index (χ4n) is 3.38. The number of hydrogen-bond acceptors (Lipinski definition) is 3. The molecule has 1 saturated heterocycles. The Morgan fingerprint density at radius 3 is 2.74 bits per heavy atom. The summed E-state index contributed by atoms with van der Waals surface area (Å²) in [5, 5.41) is 0. The number of halogens is 1. The maximum absolute atomic E-state index is 13.1. The molecule has 1 amide bonds. The highest BCUT2D eigenvalue weighted by Gasteiger charge is 2.39. The number of aromatic nitrogens is 1. The second-order valence-electron chi connectivity index (χ2n) is 7.30. The molecule has 0 aromatic carbocycles. The van der Waals surface area contributed by atoms with Crippen LogP contribution < -0.4 is 0 Å². The average Bonchev–Trinajstić information content (AvgIpc) is 2.44. The third-order valence-corrected chi connectivity index (χ3v) is 4.30. The summed E-state index contributed by atoms with van der Waals surface area (Å²) in [6.07, 6.45) is 6.85. The zero-order valence-corrected chi connectivity index (χ0v) is 13.9. The lowest BCUT2D eigenvalue weighted by Gasteiger charge is -2.45. The molecular weight excluding hydrogens is 295 g/mol. The molecule has 1 fully saturated rings. The zero-order valence-electron chi connectivity index (χ0n) is 13.9. The van der Waals surface area contributed by atoms with Gasteiger partial charge in [-0.05, 0) is 64.2 Å². The Balaban J connectivity index is 1.84. The molecule has 2 unspecified atom stereocenters. The van der Waals surface area contributed by atoms with Crippen LogP contribution in [0.25, 0.3) is 5.57 Å². The Morgan fingerprint density at radius 2 is 2.13 bits per heavy atom. The molecule has 1 aromatic heterocycles. The minimum atomic E-state index is -0.492. The standard InChI is InChI=1S/C18H23FN2O2/c1-18(2,3)23-17(22)21-14-5-4-6-15(21)10-12(9-14)16-8-7-13(19)11-20-16/h7-9,11,14-15H,4-6,10H2,1-3H3. The fraction of sp³-hybridized carbons (Fsp3) is 0.556. The second-order valence-corrected chi connectivity index (χ2v) is 7.30. The SMILES string of the molecule is CC(C)(C)OC(=O)N1C2C=C(c3ccc(F)cn3)CC1CCC2. The molecule has 2 aliphatic heterocycles. The van der Waals surface area contributed by atoms with Crippen molar-refractivity contribution < 1.29 is 13.9 Å². The number of amides is 1. The van der Waals surface area contributed by atoms with Gasteiger partial charge in [0.25, 0.3) is 0 Å². The van der Waals surface area contributed by atoms with E-state index in [1.165, 1.54) is 12.3 Å². The monoisotopic (exact) mass is 318 g/mol. The highest BCUT2D eigenvalue weighted by Crippen LogP contribution is 2.37. The van der Waals surface area contributed by atoms with Gasteiger partial charge < -0.3 is 4.74 Å². The first-order valence-electron chi connectivity index (χ1n) is 8.17. The molecule has 2 atom stereocenters. The fourth-order valence-corrected chi connectivity index (χ4v) is 3.38. The van der Waals surface area contributed by atoms with Crippen LogP contribution in [0.4, 0.5) is 9.18 Å². The second kappa shape index (κ2) is 5.95. The van der Waals surface area contributed by atoms with Crippen LogP contribution in [-0.4, -0.2) is 33.7 Å². The number of carbonyl (C=O) groups is 1. The quantitative estimate of drug-likeness (QED) is 0.780. The summed E-state index contributed by atoms with van der Waals surface area (Å²) < 4.78 is 18.6. The summed E-state index contributed by atoms with van der Waals surface area (Å²) in [6.45, 7) is 5.65. The van der Waals surface area contributed by atoms with Crippen molar-refractivity contribution in [1.29, 1.82) is 0 Å². The summed E-state index contributed by atoms with van der Waals surface area (Å²) in [4.78, 5) is 18.6. The molecule has 0 radical (unpaired) electrons. The Hall–Kier alpha value is -1.91. The molecule has 0 aliphatic carbocycles. The number of rotatable bonds is 1. The van der Waals surface area contributed by atoms with Gasteiger partial charge in [-0.3, -0.25) is 9.88 Å². The predicted octanol–water partition coefficient (Wildman–Crippen LogP) is 4.17. The van der Waals surface area contributed by atoms with Gasteiger partial charge in [-0.25, -0.2) is 9.18 Å². The van der Waals surface area contributed by atoms with Crippen LogP contribution in [0.2, 0.25) is 0 Å². The van der Waals surface area contributed by atoms with Gasteiger partial charge >= 0.3 is 6.09 Å². The van der Waals surface area contributed by atoms with Crippen LogP contribution in [0.15, 0.2) is 24.4 Å². The van der Waals surface area contributed by atoms with E-state index in [2.05, 4.69) is 11.1 Å². The van der Waals surface area contributed by atoms with Crippen LogP contribution in [0.1, 0.15) is 52.1 Å². The van der Waals surface area contributed by atoms with Crippen LogP contribution in [0, 0.1) is 5.82 Å². The highest BCUT2D eigenvalue weighted by molar-refractivity contribution is 5.73. The first-order chi connectivity index (χ1) is 10.8. The molecule has 0 spiro atoms. The molecule has 4 nitrogen and oxygen atoms in total. The van der Waals surface area contributed by atoms with Crippen LogP contribution >= 0.6 is 0 Å². The number of hydrogen-bond donors (Lipinski definition) is 0. The van der Waals surface area contributed by atoms with Crippen molar-refractivity contribution in [3.63, 3.8) is 0 Å². The third kappa shape index (κ3) is 3.54. The van der Waals surface area contributed by atoms with E-state index in [0.717, 1.165) is 37.0 Å². The summed E-state index contributed by atoms with van der Waals surface area (Å²) in [5.41, 5.74) is 1.40. The predicted molar refractivity (Wildman–Crippen MR) is 86.3 cm³/mol. The lowest BCUT2D eigenvalue weighted by molar-refractivity contribution is 0.0000673. The van der Waals surface area contributed by atoms with Crippen molar-refractivity contribution in [2.24, 2.45) is 0 Å². The maximum atomic E-state index is 13.1. The highest BCUT2D eigenvalue weighted by atomic mass is 19.1. The average molecular weight is 318 g/mol. The van der Waals surface area contributed by atoms with Gasteiger partial charge in [0.2, 0.25) is 0 Å².